The van der Waals surface area contributed by atoms with Gasteiger partial charge in [-0.2, -0.15) is 9.78 Å². The van der Waals surface area contributed by atoms with Gasteiger partial charge >= 0.3 is 0 Å². The van der Waals surface area contributed by atoms with Crippen LogP contribution in [0.3, 0.4) is 0 Å². The van der Waals surface area contributed by atoms with Crippen LogP contribution < -0.4 is 10.5 Å². The summed E-state index contributed by atoms with van der Waals surface area (Å²) in [6.07, 6.45) is 1.62. The van der Waals surface area contributed by atoms with Gasteiger partial charge in [-0.05, 0) is 40.2 Å². The van der Waals surface area contributed by atoms with Crippen LogP contribution in [0.4, 0.5) is 5.69 Å². The Balaban J connectivity index is 1.92. The Morgan fingerprint density at radius 2 is 2.00 bits per heavy atom. The molecule has 3 rings (SSSR count). The molecule has 7 heteroatoms. The zero-order valence-corrected chi connectivity index (χ0v) is 15.4. The van der Waals surface area contributed by atoms with Gasteiger partial charge in [0, 0.05) is 11.9 Å². The molecule has 0 aliphatic heterocycles. The van der Waals surface area contributed by atoms with Gasteiger partial charge < -0.3 is 4.90 Å². The second-order valence-corrected chi connectivity index (χ2v) is 7.88. The second-order valence-electron chi connectivity index (χ2n) is 4.96. The van der Waals surface area contributed by atoms with Crippen LogP contribution in [0.25, 0.3) is 5.69 Å². The van der Waals surface area contributed by atoms with Crippen LogP contribution in [0, 0.1) is 0 Å². The minimum atomic E-state index is -0.324. The number of halogens is 2. The van der Waals surface area contributed by atoms with Gasteiger partial charge in [-0.25, -0.2) is 0 Å². The first-order chi connectivity index (χ1) is 11.1. The normalized spacial score (nSPS) is 10.7. The molecule has 0 saturated carbocycles. The number of thiophene rings is 1. The molecule has 0 radical (unpaired) electrons. The monoisotopic (exact) mass is 409 g/mol. The fraction of sp³-hybridized carbons (Fsp3) is 0.125. The lowest BCUT2D eigenvalue weighted by Crippen LogP contribution is -2.26. The predicted octanol–water partition coefficient (Wildman–Crippen LogP) is 4.35. The Labute approximate surface area is 151 Å². The van der Waals surface area contributed by atoms with E-state index in [0.717, 1.165) is 3.79 Å². The van der Waals surface area contributed by atoms with Crippen molar-refractivity contribution in [1.82, 2.24) is 9.78 Å². The summed E-state index contributed by atoms with van der Waals surface area (Å²) < 4.78 is 2.38. The van der Waals surface area contributed by atoms with Gasteiger partial charge in [-0.15, -0.1) is 11.3 Å². The SMILES string of the molecule is CN(Cc1ccc(Br)s1)c1cnn(-c2ccccc2)c(=O)c1Cl. The third-order valence-electron chi connectivity index (χ3n) is 3.33. The summed E-state index contributed by atoms with van der Waals surface area (Å²) in [6, 6.07) is 13.3. The predicted molar refractivity (Wildman–Crippen MR) is 99.0 cm³/mol. The summed E-state index contributed by atoms with van der Waals surface area (Å²) in [7, 11) is 1.89. The van der Waals surface area contributed by atoms with E-state index in [1.54, 1.807) is 17.5 Å². The van der Waals surface area contributed by atoms with Crippen molar-refractivity contribution in [2.75, 3.05) is 11.9 Å². The molecule has 4 nitrogen and oxygen atoms in total. The number of rotatable bonds is 4. The van der Waals surface area contributed by atoms with E-state index in [9.17, 15) is 4.79 Å². The molecule has 0 bridgehead atoms. The Kier molecular flexibility index (Phi) is 4.84. The first kappa shape index (κ1) is 16.2. The van der Waals surface area contributed by atoms with Crippen LogP contribution in [-0.4, -0.2) is 16.8 Å². The number of para-hydroxylation sites is 1. The molecule has 0 amide bonds. The highest BCUT2D eigenvalue weighted by Gasteiger charge is 2.14. The van der Waals surface area contributed by atoms with Crippen molar-refractivity contribution in [3.63, 3.8) is 0 Å². The van der Waals surface area contributed by atoms with E-state index in [1.165, 1.54) is 9.56 Å². The molecular weight excluding hydrogens is 398 g/mol. The zero-order chi connectivity index (χ0) is 16.4. The third kappa shape index (κ3) is 3.49. The summed E-state index contributed by atoms with van der Waals surface area (Å²) >= 11 is 11.4. The highest BCUT2D eigenvalue weighted by atomic mass is 79.9. The number of benzene rings is 1. The highest BCUT2D eigenvalue weighted by molar-refractivity contribution is 9.11. The molecule has 0 fully saturated rings. The minimum Gasteiger partial charge on any atom is -0.367 e. The van der Waals surface area contributed by atoms with Crippen LogP contribution in [0.15, 0.2) is 57.2 Å². The number of anilines is 1. The molecule has 0 spiro atoms. The first-order valence-electron chi connectivity index (χ1n) is 6.85. The van der Waals surface area contributed by atoms with Crippen molar-refractivity contribution < 1.29 is 0 Å². The van der Waals surface area contributed by atoms with E-state index >= 15 is 0 Å². The van der Waals surface area contributed by atoms with E-state index in [0.29, 0.717) is 17.9 Å². The summed E-state index contributed by atoms with van der Waals surface area (Å²) in [5.41, 5.74) is 0.985. The van der Waals surface area contributed by atoms with Crippen LogP contribution in [0.5, 0.6) is 0 Å². The van der Waals surface area contributed by atoms with Crippen LogP contribution in [0.1, 0.15) is 4.88 Å². The summed E-state index contributed by atoms with van der Waals surface area (Å²) in [6.45, 7) is 0.659. The first-order valence-corrected chi connectivity index (χ1v) is 8.83. The molecule has 0 unspecified atom stereocenters. The average molecular weight is 411 g/mol. The van der Waals surface area contributed by atoms with Gasteiger partial charge in [0.15, 0.2) is 0 Å². The molecule has 1 aromatic carbocycles. The maximum absolute atomic E-state index is 12.5. The van der Waals surface area contributed by atoms with Gasteiger partial charge in [0.1, 0.15) is 5.02 Å². The number of hydrogen-bond donors (Lipinski definition) is 0. The van der Waals surface area contributed by atoms with E-state index in [2.05, 4.69) is 21.0 Å². The summed E-state index contributed by atoms with van der Waals surface area (Å²) in [5.74, 6) is 0. The van der Waals surface area contributed by atoms with Crippen molar-refractivity contribution in [3.8, 4) is 5.69 Å². The Bertz CT molecular complexity index is 879. The van der Waals surface area contributed by atoms with Crippen molar-refractivity contribution in [2.24, 2.45) is 0 Å². The third-order valence-corrected chi connectivity index (χ3v) is 5.30. The zero-order valence-electron chi connectivity index (χ0n) is 12.2. The molecule has 0 saturated heterocycles. The summed E-state index contributed by atoms with van der Waals surface area (Å²) in [4.78, 5) is 15.6. The van der Waals surface area contributed by atoms with Crippen LogP contribution >= 0.6 is 38.9 Å². The lowest BCUT2D eigenvalue weighted by molar-refractivity contribution is 0.796. The molecule has 3 aromatic rings. The largest absolute Gasteiger partial charge is 0.367 e. The topological polar surface area (TPSA) is 38.1 Å². The molecular formula is C16H13BrClN3OS. The van der Waals surface area contributed by atoms with Crippen molar-refractivity contribution in [2.45, 2.75) is 6.54 Å². The molecule has 2 heterocycles. The Morgan fingerprint density at radius 3 is 2.65 bits per heavy atom. The van der Waals surface area contributed by atoms with Crippen molar-refractivity contribution >= 4 is 44.6 Å². The quantitative estimate of drug-likeness (QED) is 0.642. The van der Waals surface area contributed by atoms with Gasteiger partial charge in [0.25, 0.3) is 5.56 Å². The van der Waals surface area contributed by atoms with E-state index in [4.69, 9.17) is 11.6 Å². The van der Waals surface area contributed by atoms with Gasteiger partial charge in [0.05, 0.1) is 27.9 Å². The fourth-order valence-corrected chi connectivity index (χ4v) is 4.01. The number of aromatic nitrogens is 2. The van der Waals surface area contributed by atoms with Gasteiger partial charge in [0.2, 0.25) is 0 Å². The number of hydrogen-bond acceptors (Lipinski definition) is 4. The van der Waals surface area contributed by atoms with E-state index in [-0.39, 0.29) is 10.6 Å². The van der Waals surface area contributed by atoms with E-state index < -0.39 is 0 Å². The van der Waals surface area contributed by atoms with Crippen molar-refractivity contribution in [1.29, 1.82) is 0 Å². The van der Waals surface area contributed by atoms with Crippen LogP contribution in [0.2, 0.25) is 5.02 Å². The highest BCUT2D eigenvalue weighted by Crippen LogP contribution is 2.26. The Hall–Kier alpha value is -1.63. The second kappa shape index (κ2) is 6.86. The smallest absolute Gasteiger partial charge is 0.292 e. The fourth-order valence-electron chi connectivity index (χ4n) is 2.20. The molecule has 118 valence electrons. The minimum absolute atomic E-state index is 0.168. The lowest BCUT2D eigenvalue weighted by Gasteiger charge is -2.19. The maximum atomic E-state index is 12.5. The summed E-state index contributed by atoms with van der Waals surface area (Å²) in [5, 5.41) is 4.42. The maximum Gasteiger partial charge on any atom is 0.292 e. The molecule has 0 aliphatic rings. The van der Waals surface area contributed by atoms with Gasteiger partial charge in [-0.3, -0.25) is 4.79 Å². The molecule has 0 atom stereocenters. The van der Waals surface area contributed by atoms with Crippen LogP contribution in [-0.2, 0) is 6.54 Å². The lowest BCUT2D eigenvalue weighted by atomic mass is 10.3. The molecule has 0 aliphatic carbocycles. The molecule has 23 heavy (non-hydrogen) atoms. The van der Waals surface area contributed by atoms with E-state index in [1.807, 2.05) is 54.4 Å². The van der Waals surface area contributed by atoms with Crippen molar-refractivity contribution in [3.05, 3.63) is 72.7 Å². The number of nitrogens with zero attached hydrogens (tertiary/aromatic N) is 3. The Morgan fingerprint density at radius 1 is 1.26 bits per heavy atom. The van der Waals surface area contributed by atoms with Gasteiger partial charge in [-0.1, -0.05) is 29.8 Å². The molecule has 2 aromatic heterocycles. The average Bonchev–Trinajstić information content (AvgIpc) is 2.95. The standard InChI is InChI=1S/C16H13BrClN3OS/c1-20(10-12-7-8-14(17)23-12)13-9-19-21(16(22)15(13)18)11-5-3-2-4-6-11/h2-9H,10H2,1H3. The molecule has 0 N–H and O–H groups in total.